The average Bonchev–Trinajstić information content (AvgIpc) is 3.05. The van der Waals surface area contributed by atoms with E-state index in [0.29, 0.717) is 12.0 Å². The summed E-state index contributed by atoms with van der Waals surface area (Å²) in [7, 11) is 3.48. The molecule has 1 aliphatic rings. The second-order valence-corrected chi connectivity index (χ2v) is 6.93. The Bertz CT molecular complexity index is 571. The Morgan fingerprint density at radius 1 is 1.28 bits per heavy atom. The molecule has 1 fully saturated rings. The number of halogens is 2. The SMILES string of the molecule is CC(NC(=NCC(=O)N(C)C)NC1CCCC1)c1ccc(Cl)cc1.I. The van der Waals surface area contributed by atoms with Crippen molar-refractivity contribution in [3.05, 3.63) is 34.9 Å². The molecule has 2 rings (SSSR count). The Morgan fingerprint density at radius 2 is 1.88 bits per heavy atom. The van der Waals surface area contributed by atoms with Crippen molar-refractivity contribution in [2.45, 2.75) is 44.7 Å². The normalized spacial score (nSPS) is 16.1. The molecule has 0 bridgehead atoms. The summed E-state index contributed by atoms with van der Waals surface area (Å²) < 4.78 is 0. The summed E-state index contributed by atoms with van der Waals surface area (Å²) in [6, 6.07) is 8.26. The summed E-state index contributed by atoms with van der Waals surface area (Å²) in [6.07, 6.45) is 4.79. The molecule has 0 saturated heterocycles. The van der Waals surface area contributed by atoms with Gasteiger partial charge in [-0.2, -0.15) is 0 Å². The fourth-order valence-corrected chi connectivity index (χ4v) is 2.85. The molecule has 1 atom stereocenters. The fourth-order valence-electron chi connectivity index (χ4n) is 2.72. The van der Waals surface area contributed by atoms with Gasteiger partial charge >= 0.3 is 0 Å². The number of nitrogens with zero attached hydrogens (tertiary/aromatic N) is 2. The Morgan fingerprint density at radius 3 is 2.44 bits per heavy atom. The van der Waals surface area contributed by atoms with Crippen LogP contribution in [0.2, 0.25) is 5.02 Å². The zero-order valence-electron chi connectivity index (χ0n) is 15.1. The first-order chi connectivity index (χ1) is 11.5. The second kappa shape index (κ2) is 10.9. The Hall–Kier alpha value is -1.02. The molecule has 5 nitrogen and oxygen atoms in total. The molecule has 1 aliphatic carbocycles. The predicted molar refractivity (Wildman–Crippen MR) is 115 cm³/mol. The molecule has 140 valence electrons. The van der Waals surface area contributed by atoms with Crippen LogP contribution in [0, 0.1) is 0 Å². The van der Waals surface area contributed by atoms with Gasteiger partial charge in [0.05, 0.1) is 6.04 Å². The van der Waals surface area contributed by atoms with Crippen LogP contribution in [0.1, 0.15) is 44.2 Å². The highest BCUT2D eigenvalue weighted by Gasteiger charge is 2.18. The van der Waals surface area contributed by atoms with E-state index < -0.39 is 0 Å². The van der Waals surface area contributed by atoms with Gasteiger partial charge in [0.25, 0.3) is 0 Å². The lowest BCUT2D eigenvalue weighted by molar-refractivity contribution is -0.127. The molecule has 1 aromatic rings. The molecule has 1 aromatic carbocycles. The molecular formula is C18H28ClIN4O. The van der Waals surface area contributed by atoms with E-state index >= 15 is 0 Å². The van der Waals surface area contributed by atoms with E-state index in [4.69, 9.17) is 11.6 Å². The third kappa shape index (κ3) is 7.40. The van der Waals surface area contributed by atoms with Crippen LogP contribution in [0.3, 0.4) is 0 Å². The van der Waals surface area contributed by atoms with Gasteiger partial charge in [-0.1, -0.05) is 36.6 Å². The number of amides is 1. The summed E-state index contributed by atoms with van der Waals surface area (Å²) in [5.74, 6) is 0.682. The molecular weight excluding hydrogens is 451 g/mol. The lowest BCUT2D eigenvalue weighted by Gasteiger charge is -2.22. The minimum absolute atomic E-state index is 0. The third-order valence-electron chi connectivity index (χ3n) is 4.29. The first-order valence-electron chi connectivity index (χ1n) is 8.49. The first-order valence-corrected chi connectivity index (χ1v) is 8.86. The van der Waals surface area contributed by atoms with E-state index in [-0.39, 0.29) is 42.5 Å². The molecule has 1 unspecified atom stereocenters. The maximum atomic E-state index is 11.8. The molecule has 7 heteroatoms. The van der Waals surface area contributed by atoms with Crippen LogP contribution in [0.4, 0.5) is 0 Å². The van der Waals surface area contributed by atoms with Crippen molar-refractivity contribution < 1.29 is 4.79 Å². The zero-order valence-corrected chi connectivity index (χ0v) is 18.2. The van der Waals surface area contributed by atoms with Crippen molar-refractivity contribution >= 4 is 47.4 Å². The minimum atomic E-state index is -0.0123. The Balaban J connectivity index is 0.00000312. The van der Waals surface area contributed by atoms with Crippen LogP contribution in [0.5, 0.6) is 0 Å². The lowest BCUT2D eigenvalue weighted by atomic mass is 10.1. The van der Waals surface area contributed by atoms with Gasteiger partial charge in [0.2, 0.25) is 5.91 Å². The maximum Gasteiger partial charge on any atom is 0.243 e. The monoisotopic (exact) mass is 478 g/mol. The van der Waals surface area contributed by atoms with E-state index in [1.54, 1.807) is 19.0 Å². The average molecular weight is 479 g/mol. The van der Waals surface area contributed by atoms with Gasteiger partial charge < -0.3 is 15.5 Å². The Kier molecular flexibility index (Phi) is 9.56. The molecule has 2 N–H and O–H groups in total. The minimum Gasteiger partial charge on any atom is -0.354 e. The summed E-state index contributed by atoms with van der Waals surface area (Å²) in [4.78, 5) is 17.8. The molecule has 1 amide bonds. The lowest BCUT2D eigenvalue weighted by Crippen LogP contribution is -2.44. The van der Waals surface area contributed by atoms with Crippen LogP contribution in [-0.2, 0) is 4.79 Å². The Labute approximate surface area is 172 Å². The van der Waals surface area contributed by atoms with Crippen molar-refractivity contribution in [2.24, 2.45) is 4.99 Å². The van der Waals surface area contributed by atoms with Gasteiger partial charge in [-0.25, -0.2) is 4.99 Å². The van der Waals surface area contributed by atoms with Crippen molar-refractivity contribution in [1.82, 2.24) is 15.5 Å². The number of aliphatic imine (C=N–C) groups is 1. The zero-order chi connectivity index (χ0) is 17.5. The first kappa shape index (κ1) is 22.0. The number of carbonyl (C=O) groups is 1. The highest BCUT2D eigenvalue weighted by molar-refractivity contribution is 14.0. The third-order valence-corrected chi connectivity index (χ3v) is 4.54. The molecule has 1 saturated carbocycles. The van der Waals surface area contributed by atoms with Gasteiger partial charge in [0.1, 0.15) is 6.54 Å². The summed E-state index contributed by atoms with van der Waals surface area (Å²) in [6.45, 7) is 2.21. The number of guanidine groups is 1. The van der Waals surface area contributed by atoms with Gasteiger partial charge in [0.15, 0.2) is 5.96 Å². The molecule has 0 aliphatic heterocycles. The molecule has 0 spiro atoms. The van der Waals surface area contributed by atoms with E-state index in [1.807, 2.05) is 24.3 Å². The van der Waals surface area contributed by atoms with E-state index in [1.165, 1.54) is 12.8 Å². The quantitative estimate of drug-likeness (QED) is 0.386. The number of rotatable bonds is 5. The van der Waals surface area contributed by atoms with Crippen LogP contribution < -0.4 is 10.6 Å². The summed E-state index contributed by atoms with van der Waals surface area (Å²) >= 11 is 5.95. The molecule has 0 radical (unpaired) electrons. The van der Waals surface area contributed by atoms with E-state index in [2.05, 4.69) is 22.5 Å². The summed E-state index contributed by atoms with van der Waals surface area (Å²) in [5.41, 5.74) is 1.12. The van der Waals surface area contributed by atoms with Crippen molar-refractivity contribution in [3.8, 4) is 0 Å². The van der Waals surface area contributed by atoms with Crippen molar-refractivity contribution in [1.29, 1.82) is 0 Å². The van der Waals surface area contributed by atoms with E-state index in [0.717, 1.165) is 23.4 Å². The van der Waals surface area contributed by atoms with Crippen molar-refractivity contribution in [2.75, 3.05) is 20.6 Å². The number of likely N-dealkylation sites (N-methyl/N-ethyl adjacent to an activating group) is 1. The van der Waals surface area contributed by atoms with Crippen molar-refractivity contribution in [3.63, 3.8) is 0 Å². The summed E-state index contributed by atoms with van der Waals surface area (Å²) in [5, 5.41) is 7.59. The van der Waals surface area contributed by atoms with Gasteiger partial charge in [-0.15, -0.1) is 24.0 Å². The number of carbonyl (C=O) groups excluding carboxylic acids is 1. The van der Waals surface area contributed by atoms with Crippen LogP contribution in [0.25, 0.3) is 0 Å². The standard InChI is InChI=1S/C18H27ClN4O.HI/c1-13(14-8-10-15(19)11-9-14)21-18(20-12-17(24)23(2)3)22-16-6-4-5-7-16;/h8-11,13,16H,4-7,12H2,1-3H3,(H2,20,21,22);1H. The molecule has 0 aromatic heterocycles. The van der Waals surface area contributed by atoms with Crippen LogP contribution in [-0.4, -0.2) is 43.4 Å². The number of hydrogen-bond donors (Lipinski definition) is 2. The second-order valence-electron chi connectivity index (χ2n) is 6.50. The highest BCUT2D eigenvalue weighted by atomic mass is 127. The van der Waals surface area contributed by atoms with Gasteiger partial charge in [0, 0.05) is 25.2 Å². The topological polar surface area (TPSA) is 56.7 Å². The van der Waals surface area contributed by atoms with Gasteiger partial charge in [-0.05, 0) is 37.5 Å². The molecule has 25 heavy (non-hydrogen) atoms. The highest BCUT2D eigenvalue weighted by Crippen LogP contribution is 2.18. The smallest absolute Gasteiger partial charge is 0.243 e. The van der Waals surface area contributed by atoms with Crippen LogP contribution >= 0.6 is 35.6 Å². The number of benzene rings is 1. The molecule has 0 heterocycles. The largest absolute Gasteiger partial charge is 0.354 e. The number of nitrogens with one attached hydrogen (secondary N) is 2. The van der Waals surface area contributed by atoms with Gasteiger partial charge in [-0.3, -0.25) is 4.79 Å². The fraction of sp³-hybridized carbons (Fsp3) is 0.556. The number of hydrogen-bond acceptors (Lipinski definition) is 2. The predicted octanol–water partition coefficient (Wildman–Crippen LogP) is 3.59. The maximum absolute atomic E-state index is 11.8. The van der Waals surface area contributed by atoms with E-state index in [9.17, 15) is 4.79 Å². The van der Waals surface area contributed by atoms with Crippen LogP contribution in [0.15, 0.2) is 29.3 Å².